The summed E-state index contributed by atoms with van der Waals surface area (Å²) >= 11 is 0.140. The van der Waals surface area contributed by atoms with E-state index >= 15 is 0 Å². The summed E-state index contributed by atoms with van der Waals surface area (Å²) in [5.74, 6) is -1.12. The molecule has 1 unspecified atom stereocenters. The predicted molar refractivity (Wildman–Crippen MR) is 68.4 cm³/mol. The van der Waals surface area contributed by atoms with Crippen molar-refractivity contribution in [1.82, 2.24) is 4.31 Å². The van der Waals surface area contributed by atoms with Crippen molar-refractivity contribution in [2.45, 2.75) is 23.7 Å². The first-order valence-electron chi connectivity index (χ1n) is 5.87. The van der Waals surface area contributed by atoms with Crippen molar-refractivity contribution in [3.8, 4) is 0 Å². The number of carboxylic acids is 1. The first-order chi connectivity index (χ1) is 9.47. The van der Waals surface area contributed by atoms with Gasteiger partial charge in [0.25, 0.3) is 10.0 Å². The highest BCUT2D eigenvalue weighted by atomic mass is 32.2. The van der Waals surface area contributed by atoms with Gasteiger partial charge in [0.15, 0.2) is 0 Å². The van der Waals surface area contributed by atoms with Crippen molar-refractivity contribution in [1.29, 1.82) is 0 Å². The zero-order chi connectivity index (χ0) is 16.1. The van der Waals surface area contributed by atoms with Crippen LogP contribution in [0.5, 0.6) is 0 Å². The molecule has 21 heavy (non-hydrogen) atoms. The van der Waals surface area contributed by atoms with E-state index in [1.807, 2.05) is 0 Å². The van der Waals surface area contributed by atoms with E-state index in [9.17, 15) is 26.4 Å². The highest BCUT2D eigenvalue weighted by Gasteiger charge is 2.45. The number of thiophene rings is 1. The zero-order valence-electron chi connectivity index (χ0n) is 10.8. The van der Waals surface area contributed by atoms with Crippen molar-refractivity contribution < 1.29 is 31.5 Å². The second-order valence-electron chi connectivity index (χ2n) is 5.07. The third kappa shape index (κ3) is 2.92. The molecule has 0 saturated carbocycles. The van der Waals surface area contributed by atoms with Gasteiger partial charge in [0.2, 0.25) is 0 Å². The van der Waals surface area contributed by atoms with Crippen LogP contribution in [0.4, 0.5) is 13.2 Å². The lowest BCUT2D eigenvalue weighted by molar-refractivity contribution is -0.146. The molecule has 2 rings (SSSR count). The Balaban J connectivity index is 2.28. The van der Waals surface area contributed by atoms with Gasteiger partial charge in [-0.15, -0.1) is 11.3 Å². The molecule has 0 bridgehead atoms. The fourth-order valence-electron chi connectivity index (χ4n) is 2.04. The minimum Gasteiger partial charge on any atom is -0.481 e. The van der Waals surface area contributed by atoms with Gasteiger partial charge in [0.1, 0.15) is 9.09 Å². The summed E-state index contributed by atoms with van der Waals surface area (Å²) in [6, 6.07) is 1.61. The lowest BCUT2D eigenvalue weighted by atomic mass is 9.90. The van der Waals surface area contributed by atoms with Crippen LogP contribution < -0.4 is 0 Å². The number of carbonyl (C=O) groups is 1. The van der Waals surface area contributed by atoms with Gasteiger partial charge in [0, 0.05) is 13.1 Å². The molecule has 0 spiro atoms. The topological polar surface area (TPSA) is 74.7 Å². The SMILES string of the molecule is CC1(C(=O)O)CCN(S(=O)(=O)c2ccc(C(F)(F)F)s2)C1. The Labute approximate surface area is 123 Å². The summed E-state index contributed by atoms with van der Waals surface area (Å²) in [4.78, 5) is 10.1. The Bertz CT molecular complexity index is 667. The molecule has 10 heteroatoms. The van der Waals surface area contributed by atoms with E-state index < -0.39 is 36.7 Å². The minimum absolute atomic E-state index is 0.0234. The van der Waals surface area contributed by atoms with Crippen molar-refractivity contribution in [3.63, 3.8) is 0 Å². The lowest BCUT2D eigenvalue weighted by Gasteiger charge is -2.19. The van der Waals surface area contributed by atoms with E-state index in [-0.39, 0.29) is 30.8 Å². The third-order valence-corrected chi connectivity index (χ3v) is 6.85. The molecule has 0 aliphatic carbocycles. The Morgan fingerprint density at radius 1 is 1.43 bits per heavy atom. The first kappa shape index (κ1) is 16.2. The van der Waals surface area contributed by atoms with Crippen LogP contribution in [-0.2, 0) is 21.0 Å². The van der Waals surface area contributed by atoms with E-state index in [4.69, 9.17) is 5.11 Å². The molecule has 1 aromatic rings. The summed E-state index contributed by atoms with van der Waals surface area (Å²) < 4.78 is 62.6. The fraction of sp³-hybridized carbons (Fsp3) is 0.545. The van der Waals surface area contributed by atoms with Crippen LogP contribution in [0.2, 0.25) is 0 Å². The molecule has 2 heterocycles. The van der Waals surface area contributed by atoms with Crippen LogP contribution >= 0.6 is 11.3 Å². The quantitative estimate of drug-likeness (QED) is 0.913. The second-order valence-corrected chi connectivity index (χ2v) is 8.32. The van der Waals surface area contributed by atoms with Crippen molar-refractivity contribution in [2.75, 3.05) is 13.1 Å². The van der Waals surface area contributed by atoms with Crippen LogP contribution in [0, 0.1) is 5.41 Å². The molecular weight excluding hydrogens is 331 g/mol. The molecule has 118 valence electrons. The molecular formula is C11H12F3NO4S2. The van der Waals surface area contributed by atoms with Gasteiger partial charge in [-0.1, -0.05) is 0 Å². The molecule has 0 aromatic carbocycles. The van der Waals surface area contributed by atoms with Crippen LogP contribution in [0.25, 0.3) is 0 Å². The highest BCUT2D eigenvalue weighted by Crippen LogP contribution is 2.39. The van der Waals surface area contributed by atoms with E-state index in [0.717, 1.165) is 10.4 Å². The Hall–Kier alpha value is -1.13. The maximum Gasteiger partial charge on any atom is 0.425 e. The fourth-order valence-corrected chi connectivity index (χ4v) is 4.93. The number of alkyl halides is 3. The van der Waals surface area contributed by atoms with Crippen molar-refractivity contribution in [2.24, 2.45) is 5.41 Å². The van der Waals surface area contributed by atoms with Crippen LogP contribution in [-0.4, -0.2) is 36.9 Å². The summed E-state index contributed by atoms with van der Waals surface area (Å²) in [5, 5.41) is 9.07. The standard InChI is InChI=1S/C11H12F3NO4S2/c1-10(9(16)17)4-5-15(6-10)21(18,19)8-3-2-7(20-8)11(12,13)14/h2-3H,4-6H2,1H3,(H,16,17). The number of rotatable bonds is 3. The number of hydrogen-bond donors (Lipinski definition) is 1. The van der Waals surface area contributed by atoms with E-state index in [2.05, 4.69) is 0 Å². The number of halogens is 3. The molecule has 1 aliphatic heterocycles. The van der Waals surface area contributed by atoms with Gasteiger partial charge in [-0.2, -0.15) is 17.5 Å². The van der Waals surface area contributed by atoms with Crippen molar-refractivity contribution >= 4 is 27.3 Å². The molecule has 0 radical (unpaired) electrons. The average molecular weight is 343 g/mol. The number of sulfonamides is 1. The maximum atomic E-state index is 12.5. The van der Waals surface area contributed by atoms with Gasteiger partial charge in [-0.3, -0.25) is 4.79 Å². The molecule has 0 amide bonds. The summed E-state index contributed by atoms with van der Waals surface area (Å²) in [6.45, 7) is 1.15. The van der Waals surface area contributed by atoms with Crippen molar-refractivity contribution in [3.05, 3.63) is 17.0 Å². The highest BCUT2D eigenvalue weighted by molar-refractivity contribution is 7.91. The molecule has 1 saturated heterocycles. The monoisotopic (exact) mass is 343 g/mol. The Morgan fingerprint density at radius 3 is 2.48 bits per heavy atom. The maximum absolute atomic E-state index is 12.5. The number of aliphatic carboxylic acids is 1. The lowest BCUT2D eigenvalue weighted by Crippen LogP contribution is -2.34. The van der Waals surface area contributed by atoms with E-state index in [1.54, 1.807) is 0 Å². The van der Waals surface area contributed by atoms with Gasteiger partial charge >= 0.3 is 12.1 Å². The summed E-state index contributed by atoms with van der Waals surface area (Å²) in [7, 11) is -4.09. The van der Waals surface area contributed by atoms with Gasteiger partial charge in [0.05, 0.1) is 5.41 Å². The average Bonchev–Trinajstić information content (AvgIpc) is 2.95. The van der Waals surface area contributed by atoms with Crippen LogP contribution in [0.15, 0.2) is 16.3 Å². The van der Waals surface area contributed by atoms with E-state index in [0.29, 0.717) is 6.07 Å². The predicted octanol–water partition coefficient (Wildman–Crippen LogP) is 2.25. The number of carboxylic acid groups (broad SMARTS) is 1. The molecule has 1 aromatic heterocycles. The zero-order valence-corrected chi connectivity index (χ0v) is 12.5. The first-order valence-corrected chi connectivity index (χ1v) is 8.13. The third-order valence-electron chi connectivity index (χ3n) is 3.41. The number of hydrogen-bond acceptors (Lipinski definition) is 4. The van der Waals surface area contributed by atoms with Gasteiger partial charge in [-0.05, 0) is 25.5 Å². The molecule has 1 aliphatic rings. The summed E-state index contributed by atoms with van der Waals surface area (Å²) in [6.07, 6.45) is -4.47. The normalized spacial score (nSPS) is 24.4. The molecule has 1 fully saturated rings. The van der Waals surface area contributed by atoms with Gasteiger partial charge in [-0.25, -0.2) is 8.42 Å². The minimum atomic E-state index is -4.60. The smallest absolute Gasteiger partial charge is 0.425 e. The van der Waals surface area contributed by atoms with Gasteiger partial charge < -0.3 is 5.11 Å². The summed E-state index contributed by atoms with van der Waals surface area (Å²) in [5.41, 5.74) is -1.21. The second kappa shape index (κ2) is 4.96. The van der Waals surface area contributed by atoms with Crippen LogP contribution in [0.3, 0.4) is 0 Å². The molecule has 1 atom stereocenters. The van der Waals surface area contributed by atoms with E-state index in [1.165, 1.54) is 6.92 Å². The molecule has 1 N–H and O–H groups in total. The number of nitrogens with zero attached hydrogens (tertiary/aromatic N) is 1. The molecule has 5 nitrogen and oxygen atoms in total. The largest absolute Gasteiger partial charge is 0.481 e. The van der Waals surface area contributed by atoms with Crippen LogP contribution in [0.1, 0.15) is 18.2 Å². The Kier molecular flexibility index (Phi) is 3.83. The Morgan fingerprint density at radius 2 is 2.05 bits per heavy atom.